The maximum absolute atomic E-state index is 14.1. The van der Waals surface area contributed by atoms with Crippen LogP contribution in [0.4, 0.5) is 4.39 Å². The van der Waals surface area contributed by atoms with Crippen LogP contribution in [0.3, 0.4) is 0 Å². The van der Waals surface area contributed by atoms with Crippen LogP contribution < -0.4 is 9.47 Å². The molecule has 0 bridgehead atoms. The molecule has 2 aromatic rings. The van der Waals surface area contributed by atoms with Gasteiger partial charge in [0.1, 0.15) is 11.5 Å². The van der Waals surface area contributed by atoms with E-state index in [1.165, 1.54) is 13.2 Å². The number of halogens is 1. The lowest BCUT2D eigenvalue weighted by atomic mass is 10.1. The number of ketones is 1. The molecule has 0 amide bonds. The van der Waals surface area contributed by atoms with E-state index in [2.05, 4.69) is 0 Å². The third-order valence-electron chi connectivity index (χ3n) is 2.86. The number of thioether (sulfide) groups is 1. The highest BCUT2D eigenvalue weighted by Gasteiger charge is 2.21. The van der Waals surface area contributed by atoms with Gasteiger partial charge < -0.3 is 9.47 Å². The van der Waals surface area contributed by atoms with Crippen LogP contribution in [0.1, 0.15) is 10.4 Å². The van der Waals surface area contributed by atoms with E-state index in [-0.39, 0.29) is 0 Å². The van der Waals surface area contributed by atoms with Crippen LogP contribution >= 0.6 is 11.8 Å². The zero-order valence-corrected chi connectivity index (χ0v) is 12.5. The summed E-state index contributed by atoms with van der Waals surface area (Å²) in [5.74, 6) is 0.645. The van der Waals surface area contributed by atoms with Crippen LogP contribution in [0.2, 0.25) is 0 Å². The van der Waals surface area contributed by atoms with Gasteiger partial charge >= 0.3 is 0 Å². The molecule has 1 unspecified atom stereocenters. The fourth-order valence-corrected chi connectivity index (χ4v) is 2.51. The highest BCUT2D eigenvalue weighted by molar-refractivity contribution is 8.00. The van der Waals surface area contributed by atoms with Crippen molar-refractivity contribution in [2.24, 2.45) is 0 Å². The minimum atomic E-state index is -1.66. The molecule has 21 heavy (non-hydrogen) atoms. The Bertz CT molecular complexity index is 613. The molecule has 0 N–H and O–H groups in total. The predicted molar refractivity (Wildman–Crippen MR) is 81.1 cm³/mol. The van der Waals surface area contributed by atoms with Crippen molar-refractivity contribution in [1.29, 1.82) is 0 Å². The number of benzene rings is 2. The first-order valence-corrected chi connectivity index (χ1v) is 7.15. The first-order valence-electron chi connectivity index (χ1n) is 6.27. The maximum Gasteiger partial charge on any atom is 0.213 e. The Kier molecular flexibility index (Phi) is 5.22. The van der Waals surface area contributed by atoms with E-state index in [0.29, 0.717) is 22.0 Å². The van der Waals surface area contributed by atoms with Gasteiger partial charge in [0.05, 0.1) is 14.2 Å². The van der Waals surface area contributed by atoms with E-state index in [0.717, 1.165) is 11.8 Å². The van der Waals surface area contributed by atoms with Crippen molar-refractivity contribution >= 4 is 17.5 Å². The summed E-state index contributed by atoms with van der Waals surface area (Å²) in [6, 6.07) is 13.4. The molecule has 2 rings (SSSR count). The van der Waals surface area contributed by atoms with Crippen molar-refractivity contribution in [3.8, 4) is 11.5 Å². The van der Waals surface area contributed by atoms with Gasteiger partial charge in [0.15, 0.2) is 0 Å². The van der Waals surface area contributed by atoms with Gasteiger partial charge in [-0.15, -0.1) is 0 Å². The predicted octanol–water partition coefficient (Wildman–Crippen LogP) is 3.97. The molecular formula is C16H15FO3S. The van der Waals surface area contributed by atoms with E-state index < -0.39 is 11.3 Å². The molecule has 0 radical (unpaired) electrons. The van der Waals surface area contributed by atoms with Gasteiger partial charge in [-0.3, -0.25) is 4.79 Å². The van der Waals surface area contributed by atoms with Gasteiger partial charge in [-0.25, -0.2) is 4.39 Å². The minimum absolute atomic E-state index is 0.294. The van der Waals surface area contributed by atoms with Crippen molar-refractivity contribution in [2.75, 3.05) is 14.2 Å². The fourth-order valence-electron chi connectivity index (χ4n) is 1.73. The van der Waals surface area contributed by atoms with Crippen molar-refractivity contribution in [1.82, 2.24) is 0 Å². The summed E-state index contributed by atoms with van der Waals surface area (Å²) in [7, 11) is 3.06. The highest BCUT2D eigenvalue weighted by atomic mass is 32.2. The highest BCUT2D eigenvalue weighted by Crippen LogP contribution is 2.29. The summed E-state index contributed by atoms with van der Waals surface area (Å²) in [6.07, 6.45) is 0. The van der Waals surface area contributed by atoms with Crippen LogP contribution in [0.5, 0.6) is 11.5 Å². The van der Waals surface area contributed by atoms with Crippen LogP contribution in [0, 0.1) is 0 Å². The smallest absolute Gasteiger partial charge is 0.213 e. The molecule has 0 heterocycles. The molecule has 0 aliphatic carbocycles. The second-order valence-corrected chi connectivity index (χ2v) is 5.33. The summed E-state index contributed by atoms with van der Waals surface area (Å²) in [6.45, 7) is 0. The normalized spacial score (nSPS) is 11.8. The fraction of sp³-hybridized carbons (Fsp3) is 0.188. The molecule has 0 saturated carbocycles. The van der Waals surface area contributed by atoms with E-state index in [1.807, 2.05) is 0 Å². The minimum Gasteiger partial charge on any atom is -0.497 e. The Morgan fingerprint density at radius 1 is 1.05 bits per heavy atom. The lowest BCUT2D eigenvalue weighted by molar-refractivity contribution is 0.0938. The van der Waals surface area contributed by atoms with Gasteiger partial charge in [-0.1, -0.05) is 23.9 Å². The van der Waals surface area contributed by atoms with Crippen molar-refractivity contribution < 1.29 is 18.7 Å². The monoisotopic (exact) mass is 306 g/mol. The average molecular weight is 306 g/mol. The Morgan fingerprint density at radius 2 is 1.71 bits per heavy atom. The number of Topliss-reactive ketones (excluding diaryl/α,β-unsaturated/α-hetero) is 1. The molecule has 0 spiro atoms. The van der Waals surface area contributed by atoms with Crippen molar-refractivity contribution in [2.45, 2.75) is 10.4 Å². The SMILES string of the molecule is COc1ccc(SC(F)C(=O)c2cccc(OC)c2)cc1. The number of carbonyl (C=O) groups is 1. The van der Waals surface area contributed by atoms with Gasteiger partial charge in [-0.2, -0.15) is 0 Å². The second-order valence-electron chi connectivity index (χ2n) is 4.21. The van der Waals surface area contributed by atoms with Crippen molar-refractivity contribution in [3.63, 3.8) is 0 Å². The number of hydrogen-bond acceptors (Lipinski definition) is 4. The summed E-state index contributed by atoms with van der Waals surface area (Å²) in [5.41, 5.74) is -1.37. The third kappa shape index (κ3) is 3.98. The van der Waals surface area contributed by atoms with E-state index in [9.17, 15) is 9.18 Å². The molecule has 3 nitrogen and oxygen atoms in total. The summed E-state index contributed by atoms with van der Waals surface area (Å²) in [5, 5.41) is 0. The van der Waals surface area contributed by atoms with E-state index >= 15 is 0 Å². The molecule has 5 heteroatoms. The lowest BCUT2D eigenvalue weighted by Crippen LogP contribution is -2.12. The van der Waals surface area contributed by atoms with Gasteiger partial charge in [0.25, 0.3) is 0 Å². The molecule has 2 aromatic carbocycles. The number of ether oxygens (including phenoxy) is 2. The first kappa shape index (κ1) is 15.4. The third-order valence-corrected chi connectivity index (χ3v) is 3.82. The average Bonchev–Trinajstić information content (AvgIpc) is 2.54. The Morgan fingerprint density at radius 3 is 2.33 bits per heavy atom. The number of methoxy groups -OCH3 is 2. The number of hydrogen-bond donors (Lipinski definition) is 0. The Hall–Kier alpha value is -2.01. The summed E-state index contributed by atoms with van der Waals surface area (Å²) < 4.78 is 24.2. The first-order chi connectivity index (χ1) is 10.1. The van der Waals surface area contributed by atoms with Gasteiger partial charge in [-0.05, 0) is 36.4 Å². The lowest BCUT2D eigenvalue weighted by Gasteiger charge is -2.09. The maximum atomic E-state index is 14.1. The Labute approximate surface area is 127 Å². The Balaban J connectivity index is 2.07. The molecule has 110 valence electrons. The number of alkyl halides is 1. The molecule has 1 atom stereocenters. The van der Waals surface area contributed by atoms with E-state index in [1.54, 1.807) is 49.6 Å². The zero-order valence-electron chi connectivity index (χ0n) is 11.7. The molecule has 0 aliphatic rings. The van der Waals surface area contributed by atoms with Gasteiger partial charge in [0, 0.05) is 10.5 Å². The zero-order chi connectivity index (χ0) is 15.2. The second kappa shape index (κ2) is 7.13. The molecule has 0 aliphatic heterocycles. The molecular weight excluding hydrogens is 291 g/mol. The summed E-state index contributed by atoms with van der Waals surface area (Å²) in [4.78, 5) is 12.7. The van der Waals surface area contributed by atoms with Crippen LogP contribution in [-0.2, 0) is 0 Å². The largest absolute Gasteiger partial charge is 0.497 e. The molecule has 0 fully saturated rings. The summed E-state index contributed by atoms with van der Waals surface area (Å²) >= 11 is 0.867. The standard InChI is InChI=1S/C16H15FO3S/c1-19-12-6-8-14(9-7-12)21-16(17)15(18)11-4-3-5-13(10-11)20-2/h3-10,16H,1-2H3. The number of carbonyl (C=O) groups excluding carboxylic acids is 1. The number of rotatable bonds is 6. The van der Waals surface area contributed by atoms with Gasteiger partial charge in [0.2, 0.25) is 11.3 Å². The van der Waals surface area contributed by atoms with Crippen LogP contribution in [0.25, 0.3) is 0 Å². The van der Waals surface area contributed by atoms with E-state index in [4.69, 9.17) is 9.47 Å². The van der Waals surface area contributed by atoms with Crippen LogP contribution in [-0.4, -0.2) is 25.5 Å². The molecule has 0 aromatic heterocycles. The topological polar surface area (TPSA) is 35.5 Å². The quantitative estimate of drug-likeness (QED) is 0.597. The molecule has 0 saturated heterocycles. The van der Waals surface area contributed by atoms with Crippen molar-refractivity contribution in [3.05, 3.63) is 54.1 Å². The van der Waals surface area contributed by atoms with Crippen LogP contribution in [0.15, 0.2) is 53.4 Å².